The van der Waals surface area contributed by atoms with Crippen LogP contribution in [0.25, 0.3) is 10.8 Å². The lowest BCUT2D eigenvalue weighted by molar-refractivity contribution is 1.11. The summed E-state index contributed by atoms with van der Waals surface area (Å²) in [5, 5.41) is 11.9. The normalized spacial score (nSPS) is 10.7. The van der Waals surface area contributed by atoms with Gasteiger partial charge in [0.15, 0.2) is 0 Å². The van der Waals surface area contributed by atoms with Crippen LogP contribution in [0.2, 0.25) is 10.0 Å². The number of halogens is 2. The number of nitriles is 1. The molecule has 23 heavy (non-hydrogen) atoms. The van der Waals surface area contributed by atoms with Crippen molar-refractivity contribution in [3.05, 3.63) is 68.2 Å². The molecule has 4 nitrogen and oxygen atoms in total. The SMILES string of the molecule is N#Cc1ncccc1CSc1[nH]c(=O)c(Cl)c2ccc(Cl)cc12. The Morgan fingerprint density at radius 3 is 2.87 bits per heavy atom. The monoisotopic (exact) mass is 361 g/mol. The zero-order valence-corrected chi connectivity index (χ0v) is 14.0. The highest BCUT2D eigenvalue weighted by Crippen LogP contribution is 2.32. The van der Waals surface area contributed by atoms with Gasteiger partial charge in [-0.1, -0.05) is 35.3 Å². The Kier molecular flexibility index (Phi) is 4.58. The smallest absolute Gasteiger partial charge is 0.268 e. The van der Waals surface area contributed by atoms with Crippen LogP contribution in [0.3, 0.4) is 0 Å². The first kappa shape index (κ1) is 15.9. The summed E-state index contributed by atoms with van der Waals surface area (Å²) >= 11 is 13.5. The number of rotatable bonds is 3. The van der Waals surface area contributed by atoms with E-state index in [4.69, 9.17) is 28.5 Å². The fourth-order valence-electron chi connectivity index (χ4n) is 2.16. The minimum absolute atomic E-state index is 0.139. The van der Waals surface area contributed by atoms with Gasteiger partial charge in [-0.25, -0.2) is 4.98 Å². The lowest BCUT2D eigenvalue weighted by Gasteiger charge is -2.08. The van der Waals surface area contributed by atoms with Crippen LogP contribution in [-0.4, -0.2) is 9.97 Å². The number of aromatic amines is 1. The van der Waals surface area contributed by atoms with Crippen molar-refractivity contribution in [1.82, 2.24) is 9.97 Å². The molecule has 1 aromatic carbocycles. The van der Waals surface area contributed by atoms with E-state index in [0.717, 1.165) is 10.9 Å². The molecule has 0 saturated heterocycles. The van der Waals surface area contributed by atoms with Crippen molar-refractivity contribution in [2.75, 3.05) is 0 Å². The van der Waals surface area contributed by atoms with Gasteiger partial charge in [0.05, 0.1) is 5.03 Å². The Hall–Kier alpha value is -2.00. The van der Waals surface area contributed by atoms with Crippen molar-refractivity contribution >= 4 is 45.7 Å². The Morgan fingerprint density at radius 2 is 2.09 bits per heavy atom. The average molecular weight is 362 g/mol. The van der Waals surface area contributed by atoms with Crippen molar-refractivity contribution in [2.45, 2.75) is 10.8 Å². The highest BCUT2D eigenvalue weighted by atomic mass is 35.5. The molecule has 0 aliphatic heterocycles. The van der Waals surface area contributed by atoms with Gasteiger partial charge in [0, 0.05) is 27.7 Å². The van der Waals surface area contributed by atoms with Gasteiger partial charge in [0.25, 0.3) is 5.56 Å². The molecule has 3 rings (SSSR count). The molecule has 7 heteroatoms. The summed E-state index contributed by atoms with van der Waals surface area (Å²) in [5.74, 6) is 0.496. The maximum atomic E-state index is 12.0. The number of benzene rings is 1. The summed E-state index contributed by atoms with van der Waals surface area (Å²) in [7, 11) is 0. The first-order chi connectivity index (χ1) is 11.1. The predicted octanol–water partition coefficient (Wildman–Crippen LogP) is 4.39. The van der Waals surface area contributed by atoms with Gasteiger partial charge in [0.1, 0.15) is 16.8 Å². The van der Waals surface area contributed by atoms with Crippen molar-refractivity contribution in [3.8, 4) is 6.07 Å². The third kappa shape index (κ3) is 3.20. The molecule has 0 spiro atoms. The zero-order chi connectivity index (χ0) is 16.4. The van der Waals surface area contributed by atoms with E-state index in [9.17, 15) is 4.79 Å². The van der Waals surface area contributed by atoms with Gasteiger partial charge in [-0.2, -0.15) is 5.26 Å². The number of hydrogen-bond acceptors (Lipinski definition) is 4. The van der Waals surface area contributed by atoms with Gasteiger partial charge in [0.2, 0.25) is 0 Å². The van der Waals surface area contributed by atoms with E-state index in [1.165, 1.54) is 11.8 Å². The Labute approximate surface area is 146 Å². The predicted molar refractivity (Wildman–Crippen MR) is 93.1 cm³/mol. The van der Waals surface area contributed by atoms with Crippen LogP contribution in [0, 0.1) is 11.3 Å². The van der Waals surface area contributed by atoms with Crippen LogP contribution in [0.1, 0.15) is 11.3 Å². The van der Waals surface area contributed by atoms with Crippen LogP contribution < -0.4 is 5.56 Å². The highest BCUT2D eigenvalue weighted by molar-refractivity contribution is 7.98. The second-order valence-electron chi connectivity index (χ2n) is 4.70. The minimum Gasteiger partial charge on any atom is -0.315 e. The lowest BCUT2D eigenvalue weighted by atomic mass is 10.2. The van der Waals surface area contributed by atoms with Gasteiger partial charge in [-0.3, -0.25) is 4.79 Å². The van der Waals surface area contributed by atoms with Crippen LogP contribution in [0.5, 0.6) is 0 Å². The van der Waals surface area contributed by atoms with Crippen LogP contribution in [-0.2, 0) is 5.75 Å². The topological polar surface area (TPSA) is 69.5 Å². The third-order valence-electron chi connectivity index (χ3n) is 3.26. The van der Waals surface area contributed by atoms with Crippen LogP contribution in [0.4, 0.5) is 0 Å². The molecule has 0 bridgehead atoms. The number of aromatic nitrogens is 2. The third-order valence-corrected chi connectivity index (χ3v) is 4.93. The summed E-state index contributed by atoms with van der Waals surface area (Å²) in [5.41, 5.74) is 0.820. The van der Waals surface area contributed by atoms with Gasteiger partial charge in [-0.05, 0) is 23.8 Å². The van der Waals surface area contributed by atoms with E-state index < -0.39 is 0 Å². The molecule has 3 aromatic rings. The van der Waals surface area contributed by atoms with Crippen molar-refractivity contribution < 1.29 is 0 Å². The molecule has 114 valence electrons. The molecule has 0 fully saturated rings. The quantitative estimate of drug-likeness (QED) is 0.702. The summed E-state index contributed by atoms with van der Waals surface area (Å²) in [6.07, 6.45) is 1.58. The molecule has 0 unspecified atom stereocenters. The number of H-pyrrole nitrogens is 1. The van der Waals surface area contributed by atoms with Crippen LogP contribution >= 0.6 is 35.0 Å². The van der Waals surface area contributed by atoms with E-state index >= 15 is 0 Å². The number of thioether (sulfide) groups is 1. The fourth-order valence-corrected chi connectivity index (χ4v) is 3.57. The Morgan fingerprint density at radius 1 is 1.26 bits per heavy atom. The molecule has 1 N–H and O–H groups in total. The van der Waals surface area contributed by atoms with E-state index in [-0.39, 0.29) is 10.6 Å². The average Bonchev–Trinajstić information content (AvgIpc) is 2.57. The highest BCUT2D eigenvalue weighted by Gasteiger charge is 2.12. The first-order valence-corrected chi connectivity index (χ1v) is 8.32. The maximum absolute atomic E-state index is 12.0. The second kappa shape index (κ2) is 6.63. The van der Waals surface area contributed by atoms with E-state index in [1.54, 1.807) is 30.5 Å². The molecule has 0 aliphatic carbocycles. The zero-order valence-electron chi connectivity index (χ0n) is 11.6. The maximum Gasteiger partial charge on any atom is 0.268 e. The van der Waals surface area contributed by atoms with E-state index in [0.29, 0.717) is 26.9 Å². The molecule has 2 heterocycles. The van der Waals surface area contributed by atoms with Gasteiger partial charge >= 0.3 is 0 Å². The number of fused-ring (bicyclic) bond motifs is 1. The molecule has 0 radical (unpaired) electrons. The summed E-state index contributed by atoms with van der Waals surface area (Å²) in [4.78, 5) is 18.8. The molecule has 0 amide bonds. The number of pyridine rings is 2. The largest absolute Gasteiger partial charge is 0.315 e. The first-order valence-electron chi connectivity index (χ1n) is 6.58. The fraction of sp³-hybridized carbons (Fsp3) is 0.0625. The number of hydrogen-bond donors (Lipinski definition) is 1. The number of nitrogens with zero attached hydrogens (tertiary/aromatic N) is 2. The molecule has 0 atom stereocenters. The number of nitrogens with one attached hydrogen (secondary N) is 1. The van der Waals surface area contributed by atoms with Crippen molar-refractivity contribution in [3.63, 3.8) is 0 Å². The van der Waals surface area contributed by atoms with E-state index in [2.05, 4.69) is 16.0 Å². The van der Waals surface area contributed by atoms with Crippen molar-refractivity contribution in [2.24, 2.45) is 0 Å². The minimum atomic E-state index is -0.351. The van der Waals surface area contributed by atoms with Crippen LogP contribution in [0.15, 0.2) is 46.3 Å². The van der Waals surface area contributed by atoms with E-state index in [1.807, 2.05) is 6.07 Å². The Bertz CT molecular complexity index is 995. The Balaban J connectivity index is 2.04. The molecule has 0 saturated carbocycles. The molecular formula is C16H9Cl2N3OS. The summed E-state index contributed by atoms with van der Waals surface area (Å²) in [6, 6.07) is 10.8. The summed E-state index contributed by atoms with van der Waals surface area (Å²) in [6.45, 7) is 0. The standard InChI is InChI=1S/C16H9Cl2N3OS/c17-10-3-4-11-12(6-10)16(21-15(22)14(11)18)23-8-9-2-1-5-20-13(9)7-19/h1-6H,8H2,(H,21,22). The molecule has 2 aromatic heterocycles. The second-order valence-corrected chi connectivity index (χ2v) is 6.50. The van der Waals surface area contributed by atoms with Gasteiger partial charge in [-0.15, -0.1) is 11.8 Å². The molecule has 0 aliphatic rings. The lowest BCUT2D eigenvalue weighted by Crippen LogP contribution is -2.08. The molecular weight excluding hydrogens is 353 g/mol. The van der Waals surface area contributed by atoms with Gasteiger partial charge < -0.3 is 4.98 Å². The summed E-state index contributed by atoms with van der Waals surface area (Å²) < 4.78 is 0. The van der Waals surface area contributed by atoms with Crippen molar-refractivity contribution in [1.29, 1.82) is 5.26 Å².